The fraction of sp³-hybridized carbons (Fsp3) is 0. The molecule has 0 radical (unpaired) electrons. The average Bonchev–Trinajstić information content (AvgIpc) is 3.54. The summed E-state index contributed by atoms with van der Waals surface area (Å²) >= 11 is 1.67. The molecule has 0 aliphatic heterocycles. The van der Waals surface area contributed by atoms with Gasteiger partial charge in [0.25, 0.3) is 0 Å². The lowest BCUT2D eigenvalue weighted by Crippen LogP contribution is -2.09. The van der Waals surface area contributed by atoms with Crippen LogP contribution in [0.3, 0.4) is 0 Å². The van der Waals surface area contributed by atoms with Gasteiger partial charge in [-0.25, -0.2) is 0 Å². The summed E-state index contributed by atoms with van der Waals surface area (Å²) in [7, 11) is 0. The minimum atomic E-state index is 0.0232. The maximum absolute atomic E-state index is 13.6. The van der Waals surface area contributed by atoms with Crippen molar-refractivity contribution in [2.24, 2.45) is 0 Å². The molecule has 7 rings (SSSR count). The number of carbonyl (C=O) groups is 2. The van der Waals surface area contributed by atoms with E-state index in [9.17, 15) is 9.59 Å². The first-order valence-corrected chi connectivity index (χ1v) is 15.7. The van der Waals surface area contributed by atoms with E-state index in [1.54, 1.807) is 11.3 Å². The average molecular weight is 597 g/mol. The first kappa shape index (κ1) is 28.1. The Morgan fingerprint density at radius 2 is 0.622 bits per heavy atom. The molecule has 0 amide bonds. The molecule has 0 unspecified atom stereocenters. The molecule has 2 aliphatic rings. The highest BCUT2D eigenvalue weighted by atomic mass is 32.1. The predicted molar refractivity (Wildman–Crippen MR) is 188 cm³/mol. The van der Waals surface area contributed by atoms with E-state index in [4.69, 9.17) is 0 Å². The van der Waals surface area contributed by atoms with E-state index in [1.165, 1.54) is 0 Å². The Kier molecular flexibility index (Phi) is 7.84. The van der Waals surface area contributed by atoms with Crippen molar-refractivity contribution in [2.75, 3.05) is 0 Å². The molecule has 0 atom stereocenters. The monoisotopic (exact) mass is 596 g/mol. The number of rotatable bonds is 6. The summed E-state index contributed by atoms with van der Waals surface area (Å²) in [4.78, 5) is 29.4. The smallest absolute Gasteiger partial charge is 0.194 e. The summed E-state index contributed by atoms with van der Waals surface area (Å²) in [6.07, 6.45) is 12.2. The molecule has 0 N–H and O–H groups in total. The number of hydrogen-bond donors (Lipinski definition) is 0. The second kappa shape index (κ2) is 12.5. The van der Waals surface area contributed by atoms with Gasteiger partial charge in [0, 0.05) is 32.0 Å². The van der Waals surface area contributed by atoms with Crippen LogP contribution < -0.4 is 0 Å². The Balaban J connectivity index is 1.27. The quantitative estimate of drug-likeness (QED) is 0.195. The highest BCUT2D eigenvalue weighted by Crippen LogP contribution is 2.35. The van der Waals surface area contributed by atoms with Crippen LogP contribution in [0.1, 0.15) is 32.0 Å². The molecular weight excluding hydrogens is 569 g/mol. The van der Waals surface area contributed by atoms with Crippen LogP contribution in [0.15, 0.2) is 169 Å². The molecule has 2 aliphatic carbocycles. The fourth-order valence-electron chi connectivity index (χ4n) is 5.65. The second-order valence-corrected chi connectivity index (χ2v) is 12.0. The summed E-state index contributed by atoms with van der Waals surface area (Å²) < 4.78 is 0. The molecule has 3 heteroatoms. The zero-order valence-corrected chi connectivity index (χ0v) is 25.2. The zero-order valence-electron chi connectivity index (χ0n) is 24.4. The molecule has 0 spiro atoms. The van der Waals surface area contributed by atoms with E-state index in [2.05, 4.69) is 24.3 Å². The fourth-order valence-corrected chi connectivity index (χ4v) is 6.58. The van der Waals surface area contributed by atoms with Gasteiger partial charge >= 0.3 is 0 Å². The van der Waals surface area contributed by atoms with Crippen molar-refractivity contribution in [3.8, 4) is 0 Å². The SMILES string of the molecule is O=C1C(c2ccccc2)=CC(=Cc2ccc(C=C3C=C(c4ccccc4)C(=O)C(c4ccccc4)=C3)s2)C=C1c1ccccc1. The van der Waals surface area contributed by atoms with Crippen molar-refractivity contribution < 1.29 is 9.59 Å². The molecule has 2 nitrogen and oxygen atoms in total. The van der Waals surface area contributed by atoms with Gasteiger partial charge in [0.2, 0.25) is 0 Å². The van der Waals surface area contributed by atoms with Gasteiger partial charge in [-0.05, 0) is 82.0 Å². The molecule has 45 heavy (non-hydrogen) atoms. The van der Waals surface area contributed by atoms with Gasteiger partial charge in [-0.3, -0.25) is 9.59 Å². The summed E-state index contributed by atoms with van der Waals surface area (Å²) in [5.74, 6) is 0.0463. The van der Waals surface area contributed by atoms with Crippen LogP contribution >= 0.6 is 11.3 Å². The Morgan fingerprint density at radius 3 is 0.889 bits per heavy atom. The summed E-state index contributed by atoms with van der Waals surface area (Å²) in [5.41, 5.74) is 8.29. The minimum Gasteiger partial charge on any atom is -0.289 e. The van der Waals surface area contributed by atoms with Crippen molar-refractivity contribution >= 4 is 57.3 Å². The lowest BCUT2D eigenvalue weighted by molar-refractivity contribution is -0.109. The molecule has 5 aromatic rings. The van der Waals surface area contributed by atoms with Gasteiger partial charge in [0.15, 0.2) is 11.6 Å². The number of carbonyl (C=O) groups excluding carboxylic acids is 2. The van der Waals surface area contributed by atoms with Crippen LogP contribution in [0.4, 0.5) is 0 Å². The molecule has 1 aromatic heterocycles. The van der Waals surface area contributed by atoms with Crippen LogP contribution in [0, 0.1) is 0 Å². The van der Waals surface area contributed by atoms with Crippen LogP contribution in [-0.4, -0.2) is 11.6 Å². The molecule has 1 heterocycles. The third-order valence-electron chi connectivity index (χ3n) is 7.83. The molecule has 0 saturated heterocycles. The van der Waals surface area contributed by atoms with E-state index >= 15 is 0 Å². The summed E-state index contributed by atoms with van der Waals surface area (Å²) in [6, 6.07) is 43.6. The van der Waals surface area contributed by atoms with Crippen molar-refractivity contribution in [3.63, 3.8) is 0 Å². The maximum atomic E-state index is 13.6. The highest BCUT2D eigenvalue weighted by molar-refractivity contribution is 7.13. The number of allylic oxidation sites excluding steroid dienone is 10. The minimum absolute atomic E-state index is 0.0232. The van der Waals surface area contributed by atoms with Gasteiger partial charge in [-0.1, -0.05) is 121 Å². The molecule has 0 fully saturated rings. The first-order chi connectivity index (χ1) is 22.1. The third kappa shape index (κ3) is 6.08. The van der Waals surface area contributed by atoms with E-state index < -0.39 is 0 Å². The lowest BCUT2D eigenvalue weighted by atomic mass is 9.86. The van der Waals surface area contributed by atoms with Gasteiger partial charge in [0.05, 0.1) is 0 Å². The largest absolute Gasteiger partial charge is 0.289 e. The summed E-state index contributed by atoms with van der Waals surface area (Å²) in [6.45, 7) is 0. The van der Waals surface area contributed by atoms with Gasteiger partial charge < -0.3 is 0 Å². The van der Waals surface area contributed by atoms with Crippen LogP contribution in [0.25, 0.3) is 34.4 Å². The number of benzene rings is 4. The summed E-state index contributed by atoms with van der Waals surface area (Å²) in [5, 5.41) is 0. The molecule has 0 saturated carbocycles. The highest BCUT2D eigenvalue weighted by Gasteiger charge is 2.24. The molecule has 4 aromatic carbocycles. The Bertz CT molecular complexity index is 1810. The number of thiophene rings is 1. The van der Waals surface area contributed by atoms with E-state index in [1.807, 2.05) is 146 Å². The molecule has 0 bridgehead atoms. The van der Waals surface area contributed by atoms with Crippen LogP contribution in [0.5, 0.6) is 0 Å². The van der Waals surface area contributed by atoms with Crippen molar-refractivity contribution in [2.45, 2.75) is 0 Å². The number of ketones is 2. The number of hydrogen-bond acceptors (Lipinski definition) is 3. The Labute approximate surface area is 267 Å². The standard InChI is InChI=1S/C42H28O2S/c43-41-37(31-13-5-1-6-14-31)25-29(26-38(41)32-15-7-2-8-16-32)23-35-21-22-36(45-35)24-30-27-39(33-17-9-3-10-18-33)42(44)40(28-30)34-19-11-4-12-20-34/h1-28H. The normalized spacial score (nSPS) is 14.8. The molecule has 214 valence electrons. The van der Waals surface area contributed by atoms with E-state index in [0.29, 0.717) is 22.3 Å². The Hall–Kier alpha value is -5.64. The van der Waals surface area contributed by atoms with Crippen LogP contribution in [0.2, 0.25) is 0 Å². The topological polar surface area (TPSA) is 34.1 Å². The van der Waals surface area contributed by atoms with E-state index in [0.717, 1.165) is 43.2 Å². The predicted octanol–water partition coefficient (Wildman–Crippen LogP) is 10.0. The second-order valence-electron chi connectivity index (χ2n) is 10.9. The van der Waals surface area contributed by atoms with Crippen molar-refractivity contribution in [1.82, 2.24) is 0 Å². The Morgan fingerprint density at radius 1 is 0.356 bits per heavy atom. The van der Waals surface area contributed by atoms with Crippen molar-refractivity contribution in [3.05, 3.63) is 201 Å². The van der Waals surface area contributed by atoms with Gasteiger partial charge in [0.1, 0.15) is 0 Å². The van der Waals surface area contributed by atoms with Crippen molar-refractivity contribution in [1.29, 1.82) is 0 Å². The maximum Gasteiger partial charge on any atom is 0.194 e. The first-order valence-electron chi connectivity index (χ1n) is 14.8. The number of Topliss-reactive ketones (excluding diaryl/α,β-unsaturated/α-hetero) is 2. The van der Waals surface area contributed by atoms with Crippen LogP contribution in [-0.2, 0) is 9.59 Å². The van der Waals surface area contributed by atoms with Gasteiger partial charge in [-0.15, -0.1) is 11.3 Å². The van der Waals surface area contributed by atoms with Gasteiger partial charge in [-0.2, -0.15) is 0 Å². The van der Waals surface area contributed by atoms with E-state index in [-0.39, 0.29) is 11.6 Å². The zero-order chi connectivity index (χ0) is 30.6. The third-order valence-corrected chi connectivity index (χ3v) is 8.81. The molecular formula is C42H28O2S. The lowest BCUT2D eigenvalue weighted by Gasteiger charge is -2.17.